The van der Waals surface area contributed by atoms with Gasteiger partial charge in [-0.15, -0.1) is 13.2 Å². The molecule has 12 aliphatic heterocycles. The summed E-state index contributed by atoms with van der Waals surface area (Å²) in [5.74, 6) is -0.638. The SMILES string of the molecule is CO[C@@H]1C(=O)[C@@H](C)C[C@]2(CO2)[C@H]1[C@@]1(C)O[C@@H]1CC=C1CC1.CO[C@@H]1C(=O)[C@@H](C)C[C@]2(CO2)[C@H]1[C@]1(C)O[C@@H]1C/C=C(\C)C(F)(F)F.CO[C@@H]1C(=O)[C@@H](C)C[C@]2(CO2)[C@H]1[C@]1(C)O[C@@H]1CC=C(C)C.CO[C@@H]1C(=O)[C@@H](C)C[C@]2(CO2)[C@H]1[C@]1(C)O[C@@H]1CCOC(F)(F)F.CO[C@@H]1C(=O)[C@H](C)C[C@]2(CO2)[C@H]1[C@]1(C)O[C@@H]1C/C=C(\C)C(F)(F)F.CO[C@@H]1C(=O)[C@H](C)C[C@]2(CO2)[C@H]1[C@]1(C)O[C@@H]1CC=C(C)C. The molecule has 25 nitrogen and oxygen atoms in total. The first kappa shape index (κ1) is 105. The molecule has 0 bridgehead atoms. The third kappa shape index (κ3) is 20.8. The number of ketones is 6. The van der Waals surface area contributed by atoms with E-state index in [1.165, 1.54) is 45.3 Å². The minimum atomic E-state index is -4.64. The van der Waals surface area contributed by atoms with Gasteiger partial charge in [-0.3, -0.25) is 33.5 Å². The zero-order valence-corrected chi connectivity index (χ0v) is 82.2. The summed E-state index contributed by atoms with van der Waals surface area (Å²) in [4.78, 5) is 74.8. The second-order valence-corrected chi connectivity index (χ2v) is 43.7. The lowest BCUT2D eigenvalue weighted by molar-refractivity contribution is -0.324. The average Bonchev–Trinajstić information content (AvgIpc) is 1.56. The van der Waals surface area contributed by atoms with Crippen molar-refractivity contribution in [2.75, 3.05) is 88.9 Å². The second-order valence-electron chi connectivity index (χ2n) is 43.7. The molecule has 0 aromatic carbocycles. The largest absolute Gasteiger partial charge is 0.522 e. The van der Waals surface area contributed by atoms with Crippen LogP contribution < -0.4 is 0 Å². The monoisotopic (exact) mass is 1910 g/mol. The Kier molecular flexibility index (Phi) is 29.5. The molecule has 12 heterocycles. The fourth-order valence-corrected chi connectivity index (χ4v) is 24.9. The molecule has 34 heteroatoms. The van der Waals surface area contributed by atoms with Crippen molar-refractivity contribution in [1.29, 1.82) is 0 Å². The van der Waals surface area contributed by atoms with Crippen LogP contribution in [0.4, 0.5) is 39.5 Å². The Morgan fingerprint density at radius 3 is 0.694 bits per heavy atom. The summed E-state index contributed by atoms with van der Waals surface area (Å²) in [6.45, 7) is 37.2. The zero-order chi connectivity index (χ0) is 98.5. The summed E-state index contributed by atoms with van der Waals surface area (Å²) < 4.78 is 219. The summed E-state index contributed by atoms with van der Waals surface area (Å²) in [6.07, 6.45) is 1.92. The lowest BCUT2D eigenvalue weighted by Crippen LogP contribution is -2.55. The van der Waals surface area contributed by atoms with Gasteiger partial charge in [0.2, 0.25) is 0 Å². The molecule has 0 unspecified atom stereocenters. The van der Waals surface area contributed by atoms with Gasteiger partial charge in [0, 0.05) is 95.7 Å². The predicted molar refractivity (Wildman–Crippen MR) is 466 cm³/mol. The highest BCUT2D eigenvalue weighted by molar-refractivity contribution is 5.90. The van der Waals surface area contributed by atoms with E-state index in [-0.39, 0.29) is 195 Å². The lowest BCUT2D eigenvalue weighted by Gasteiger charge is -2.40. The summed E-state index contributed by atoms with van der Waals surface area (Å²) in [6, 6.07) is 0. The molecule has 0 radical (unpaired) electrons. The first-order valence-electron chi connectivity index (χ1n) is 47.8. The molecule has 19 aliphatic rings. The Labute approximate surface area is 781 Å². The highest BCUT2D eigenvalue weighted by Crippen LogP contribution is 2.67. The minimum Gasteiger partial charge on any atom is -0.373 e. The van der Waals surface area contributed by atoms with Crippen molar-refractivity contribution in [3.63, 3.8) is 0 Å². The van der Waals surface area contributed by atoms with Gasteiger partial charge in [-0.05, 0) is 167 Å². The Morgan fingerprint density at radius 1 is 0.321 bits per heavy atom. The highest BCUT2D eigenvalue weighted by Gasteiger charge is 2.80. The summed E-state index contributed by atoms with van der Waals surface area (Å²) in [5, 5.41) is 0. The number of hydrogen-bond acceptors (Lipinski definition) is 25. The molecule has 0 aromatic rings. The molecule has 6 spiro atoms. The fourth-order valence-electron chi connectivity index (χ4n) is 24.9. The molecular weight excluding hydrogens is 1770 g/mol. The molecule has 12 saturated heterocycles. The van der Waals surface area contributed by atoms with Crippen LogP contribution in [0.2, 0.25) is 0 Å². The highest BCUT2D eigenvalue weighted by atomic mass is 19.4. The standard InChI is InChI=1S/2C17H23F3O4.C17H24O4.2C17H26O4.C15H21F3O5/c2*1-9-7-16(8-23-16)14(13(22-4)12(9)21)15(3)11(24-15)6-5-10(2)17(18,19)20;1-10-8-17(9-20-17)15(14(19-3)13(10)18)16(2)12(21-16)7-6-11-4-5-11;2*1-10(2)6-7-12-16(4,21-12)15-14(19-5)13(18)11(3)8-17(15)9-20-17;1-8-6-14(7-22-14)12(11(20-3)10(8)19)13(2)9(23-13)4-5-21-15(16,17)18/h2*5,9,11,13-14H,6-8H2,1-4H3;6,10,12,14-15H,4-5,7-9H2,1-3H3;2*6,11-12,14-15H,7-9H2,1-5H3;8-9,11-12H,4-7H2,1-3H3/b2*10-5+;;;;/t9-,11+,13+,14+,15+,16-;9-,11-,13-,14-,15-,16+;10-,12+,14+,15+,16-,17-;11-,12+,14+,15+,16+,17-;11-,12-,14-,15-,16-,17+;8-,9+,11+,12+,13+,14-/m010010/s1. The number of alkyl halides is 9. The Hall–Kier alpha value is -4.67. The van der Waals surface area contributed by atoms with E-state index >= 15 is 0 Å². The van der Waals surface area contributed by atoms with E-state index in [4.69, 9.17) is 85.3 Å². The number of ether oxygens (including phenoxy) is 19. The minimum absolute atomic E-state index is 0.000594. The fraction of sp³-hybridized carbons (Fsp3) is 0.840. The van der Waals surface area contributed by atoms with E-state index in [1.807, 2.05) is 62.3 Å². The van der Waals surface area contributed by atoms with Gasteiger partial charge in [0.25, 0.3) is 0 Å². The van der Waals surface area contributed by atoms with Gasteiger partial charge >= 0.3 is 18.7 Å². The van der Waals surface area contributed by atoms with Crippen LogP contribution in [0.5, 0.6) is 0 Å². The second kappa shape index (κ2) is 37.6. The molecule has 19 rings (SSSR count). The number of allylic oxidation sites excluding steroid dienone is 5. The van der Waals surface area contributed by atoms with Gasteiger partial charge in [0.05, 0.1) is 118 Å². The number of carbonyl (C=O) groups excluding carboxylic acids is 6. The third-order valence-electron chi connectivity index (χ3n) is 33.4. The Bertz CT molecular complexity index is 4220. The topological polar surface area (TPSA) is 317 Å². The Balaban J connectivity index is 0.000000129. The van der Waals surface area contributed by atoms with Crippen LogP contribution in [0.3, 0.4) is 0 Å². The van der Waals surface area contributed by atoms with Crippen LogP contribution in [-0.2, 0) is 119 Å². The van der Waals surface area contributed by atoms with Crippen molar-refractivity contribution in [2.24, 2.45) is 71.0 Å². The van der Waals surface area contributed by atoms with E-state index < -0.39 is 107 Å². The molecule has 36 atom stereocenters. The maximum atomic E-state index is 12.6. The first-order valence-corrected chi connectivity index (χ1v) is 47.8. The van der Waals surface area contributed by atoms with E-state index in [9.17, 15) is 68.3 Å². The van der Waals surface area contributed by atoms with E-state index in [0.29, 0.717) is 39.1 Å². The number of Topliss-reactive ketones (excluding diaryl/α,β-unsaturated/α-hetero) is 6. The van der Waals surface area contributed by atoms with E-state index in [1.54, 1.807) is 26.9 Å². The van der Waals surface area contributed by atoms with Crippen LogP contribution in [0.25, 0.3) is 0 Å². The van der Waals surface area contributed by atoms with E-state index in [2.05, 4.69) is 71.4 Å². The van der Waals surface area contributed by atoms with Crippen molar-refractivity contribution in [3.8, 4) is 0 Å². The van der Waals surface area contributed by atoms with Crippen LogP contribution >= 0.6 is 0 Å². The molecule has 134 heavy (non-hydrogen) atoms. The smallest absolute Gasteiger partial charge is 0.373 e. The van der Waals surface area contributed by atoms with Crippen molar-refractivity contribution in [2.45, 2.75) is 374 Å². The number of epoxide rings is 12. The Morgan fingerprint density at radius 2 is 0.515 bits per heavy atom. The van der Waals surface area contributed by atoms with E-state index in [0.717, 1.165) is 84.3 Å². The first-order chi connectivity index (χ1) is 62.4. The van der Waals surface area contributed by atoms with Crippen LogP contribution in [-0.4, -0.2) is 283 Å². The van der Waals surface area contributed by atoms with Gasteiger partial charge in [0.1, 0.15) is 104 Å². The molecule has 0 N–H and O–H groups in total. The molecule has 0 aromatic heterocycles. The van der Waals surface area contributed by atoms with Crippen molar-refractivity contribution in [1.82, 2.24) is 0 Å². The van der Waals surface area contributed by atoms with Gasteiger partial charge in [-0.1, -0.05) is 88.6 Å². The normalized spacial score (nSPS) is 47.5. The van der Waals surface area contributed by atoms with Gasteiger partial charge in [-0.2, -0.15) is 26.3 Å². The van der Waals surface area contributed by atoms with Crippen LogP contribution in [0, 0.1) is 71.0 Å². The molecule has 19 fully saturated rings. The average molecular weight is 1920 g/mol. The third-order valence-corrected chi connectivity index (χ3v) is 33.4. The maximum Gasteiger partial charge on any atom is 0.522 e. The molecule has 0 amide bonds. The lowest BCUT2D eigenvalue weighted by atomic mass is 9.66. The number of halogens is 9. The van der Waals surface area contributed by atoms with Gasteiger partial charge in [-0.25, -0.2) is 0 Å². The number of rotatable bonds is 25. The number of carbonyl (C=O) groups is 6. The van der Waals surface area contributed by atoms with Crippen molar-refractivity contribution >= 4 is 34.7 Å². The van der Waals surface area contributed by atoms with Crippen molar-refractivity contribution < 1.29 is 158 Å². The molecular formula is C100H143F9O25. The molecule has 756 valence electrons. The summed E-state index contributed by atoms with van der Waals surface area (Å²) in [7, 11) is 9.32. The quantitative estimate of drug-likeness (QED) is 0.0465. The van der Waals surface area contributed by atoms with Crippen LogP contribution in [0.1, 0.15) is 215 Å². The predicted octanol–water partition coefficient (Wildman–Crippen LogP) is 15.5. The molecule has 7 saturated carbocycles. The van der Waals surface area contributed by atoms with Gasteiger partial charge < -0.3 is 85.3 Å². The summed E-state index contributed by atoms with van der Waals surface area (Å²) >= 11 is 0. The number of hydrogen-bond donors (Lipinski definition) is 0. The zero-order valence-electron chi connectivity index (χ0n) is 82.2. The van der Waals surface area contributed by atoms with Crippen molar-refractivity contribution in [3.05, 3.63) is 58.2 Å². The maximum absolute atomic E-state index is 12.6. The number of methoxy groups -OCH3 is 6. The summed E-state index contributed by atoms with van der Waals surface area (Å²) in [5.41, 5.74) is -2.09. The van der Waals surface area contributed by atoms with Crippen LogP contribution in [0.15, 0.2) is 58.2 Å². The molecule has 7 aliphatic carbocycles. The van der Waals surface area contributed by atoms with Gasteiger partial charge in [0.15, 0.2) is 34.7 Å².